The first-order valence-corrected chi connectivity index (χ1v) is 8.87. The zero-order chi connectivity index (χ0) is 17.6. The Morgan fingerprint density at radius 2 is 2.00 bits per heavy atom. The van der Waals surface area contributed by atoms with Gasteiger partial charge in [0.25, 0.3) is 5.69 Å². The van der Waals surface area contributed by atoms with E-state index < -0.39 is 14.9 Å². The summed E-state index contributed by atoms with van der Waals surface area (Å²) in [4.78, 5) is 12.3. The Morgan fingerprint density at radius 3 is 2.48 bits per heavy atom. The second-order valence-corrected chi connectivity index (χ2v) is 7.11. The predicted octanol–water partition coefficient (Wildman–Crippen LogP) is 1.49. The molecule has 0 saturated carbocycles. The standard InChI is InChI=1S/C14H23N3O5S/c1-4-7-16(8-9-18)13-6-5-12(10-14(13)17(19)20)23(21,22)15-11(2)3/h5-6,10-11,15,18H,4,7-9H2,1-3H3. The van der Waals surface area contributed by atoms with Crippen LogP contribution in [0.4, 0.5) is 11.4 Å². The highest BCUT2D eigenvalue weighted by molar-refractivity contribution is 7.89. The van der Waals surface area contributed by atoms with Gasteiger partial charge >= 0.3 is 0 Å². The fourth-order valence-corrected chi connectivity index (χ4v) is 3.48. The molecule has 0 amide bonds. The molecule has 0 saturated heterocycles. The lowest BCUT2D eigenvalue weighted by atomic mass is 10.2. The maximum absolute atomic E-state index is 12.2. The van der Waals surface area contributed by atoms with Gasteiger partial charge in [0, 0.05) is 25.2 Å². The first-order chi connectivity index (χ1) is 10.7. The molecule has 8 nitrogen and oxygen atoms in total. The van der Waals surface area contributed by atoms with Gasteiger partial charge in [0.2, 0.25) is 10.0 Å². The molecule has 0 spiro atoms. The van der Waals surface area contributed by atoms with E-state index in [1.807, 2.05) is 6.92 Å². The van der Waals surface area contributed by atoms with Crippen molar-refractivity contribution in [3.8, 4) is 0 Å². The second kappa shape index (κ2) is 8.23. The molecule has 1 rings (SSSR count). The minimum absolute atomic E-state index is 0.147. The van der Waals surface area contributed by atoms with E-state index in [1.54, 1.807) is 18.7 Å². The van der Waals surface area contributed by atoms with E-state index in [1.165, 1.54) is 12.1 Å². The summed E-state index contributed by atoms with van der Waals surface area (Å²) in [5, 5.41) is 20.5. The molecule has 0 heterocycles. The smallest absolute Gasteiger partial charge is 0.293 e. The van der Waals surface area contributed by atoms with E-state index >= 15 is 0 Å². The summed E-state index contributed by atoms with van der Waals surface area (Å²) in [5.41, 5.74) is 0.00734. The van der Waals surface area contributed by atoms with E-state index in [-0.39, 0.29) is 29.8 Å². The van der Waals surface area contributed by atoms with Crippen molar-refractivity contribution < 1.29 is 18.4 Å². The van der Waals surface area contributed by atoms with Crippen LogP contribution in [-0.4, -0.2) is 44.2 Å². The van der Waals surface area contributed by atoms with Crippen LogP contribution in [0.2, 0.25) is 0 Å². The maximum atomic E-state index is 12.2. The largest absolute Gasteiger partial charge is 0.395 e. The van der Waals surface area contributed by atoms with Gasteiger partial charge in [0.05, 0.1) is 16.4 Å². The Hall–Kier alpha value is -1.71. The monoisotopic (exact) mass is 345 g/mol. The number of nitro groups is 1. The summed E-state index contributed by atoms with van der Waals surface area (Å²) in [5.74, 6) is 0. The first-order valence-electron chi connectivity index (χ1n) is 7.39. The molecule has 0 aliphatic heterocycles. The summed E-state index contributed by atoms with van der Waals surface area (Å²) in [6.07, 6.45) is 0.742. The van der Waals surface area contributed by atoms with Gasteiger partial charge in [-0.15, -0.1) is 0 Å². The number of rotatable bonds is 9. The zero-order valence-corrected chi connectivity index (χ0v) is 14.3. The number of anilines is 1. The zero-order valence-electron chi connectivity index (χ0n) is 13.5. The molecule has 9 heteroatoms. The van der Waals surface area contributed by atoms with Gasteiger partial charge in [-0.25, -0.2) is 13.1 Å². The molecule has 1 aromatic rings. The number of nitro benzene ring substituents is 1. The van der Waals surface area contributed by atoms with Crippen LogP contribution in [0.1, 0.15) is 27.2 Å². The van der Waals surface area contributed by atoms with Gasteiger partial charge in [0.15, 0.2) is 0 Å². The number of benzene rings is 1. The SMILES string of the molecule is CCCN(CCO)c1ccc(S(=O)(=O)NC(C)C)cc1[N+](=O)[O-]. The fourth-order valence-electron chi connectivity index (χ4n) is 2.21. The molecule has 1 aromatic carbocycles. The minimum atomic E-state index is -3.80. The van der Waals surface area contributed by atoms with Crippen molar-refractivity contribution in [3.05, 3.63) is 28.3 Å². The topological polar surface area (TPSA) is 113 Å². The predicted molar refractivity (Wildman–Crippen MR) is 88.1 cm³/mol. The number of hydrogen-bond donors (Lipinski definition) is 2. The highest BCUT2D eigenvalue weighted by Gasteiger charge is 2.24. The van der Waals surface area contributed by atoms with E-state index in [9.17, 15) is 18.5 Å². The number of hydrogen-bond acceptors (Lipinski definition) is 6. The molecule has 2 N–H and O–H groups in total. The Morgan fingerprint density at radius 1 is 1.35 bits per heavy atom. The number of nitrogens with one attached hydrogen (secondary N) is 1. The van der Waals surface area contributed by atoms with Crippen molar-refractivity contribution in [2.24, 2.45) is 0 Å². The summed E-state index contributed by atoms with van der Waals surface area (Å²) in [6, 6.07) is 3.50. The van der Waals surface area contributed by atoms with E-state index in [0.29, 0.717) is 12.2 Å². The summed E-state index contributed by atoms with van der Waals surface area (Å²) in [6.45, 7) is 5.88. The molecule has 130 valence electrons. The molecule has 0 radical (unpaired) electrons. The summed E-state index contributed by atoms with van der Waals surface area (Å²) >= 11 is 0. The van der Waals surface area contributed by atoms with Gasteiger partial charge in [-0.1, -0.05) is 6.92 Å². The van der Waals surface area contributed by atoms with Gasteiger partial charge < -0.3 is 10.0 Å². The van der Waals surface area contributed by atoms with Crippen LogP contribution in [0.15, 0.2) is 23.1 Å². The molecule has 0 bridgehead atoms. The van der Waals surface area contributed by atoms with Gasteiger partial charge in [0.1, 0.15) is 5.69 Å². The lowest BCUT2D eigenvalue weighted by Crippen LogP contribution is -2.31. The third kappa shape index (κ3) is 5.15. The highest BCUT2D eigenvalue weighted by atomic mass is 32.2. The second-order valence-electron chi connectivity index (χ2n) is 5.39. The van der Waals surface area contributed by atoms with Crippen molar-refractivity contribution in [2.45, 2.75) is 38.1 Å². The van der Waals surface area contributed by atoms with Crippen molar-refractivity contribution in [2.75, 3.05) is 24.6 Å². The molecule has 0 aliphatic rings. The molecular weight excluding hydrogens is 322 g/mol. The maximum Gasteiger partial charge on any atom is 0.293 e. The Labute approximate surface area is 136 Å². The van der Waals surface area contributed by atoms with E-state index in [2.05, 4.69) is 4.72 Å². The van der Waals surface area contributed by atoms with Crippen molar-refractivity contribution in [1.29, 1.82) is 0 Å². The van der Waals surface area contributed by atoms with Crippen LogP contribution in [0, 0.1) is 10.1 Å². The van der Waals surface area contributed by atoms with Crippen LogP contribution in [0.3, 0.4) is 0 Å². The Bertz CT molecular complexity index is 640. The van der Waals surface area contributed by atoms with Crippen molar-refractivity contribution >= 4 is 21.4 Å². The molecule has 0 fully saturated rings. The van der Waals surface area contributed by atoms with Crippen LogP contribution >= 0.6 is 0 Å². The molecule has 0 unspecified atom stereocenters. The van der Waals surface area contributed by atoms with Crippen molar-refractivity contribution in [3.63, 3.8) is 0 Å². The number of aliphatic hydroxyl groups excluding tert-OH is 1. The lowest BCUT2D eigenvalue weighted by molar-refractivity contribution is -0.384. The van der Waals surface area contributed by atoms with Crippen LogP contribution in [0.5, 0.6) is 0 Å². The van der Waals surface area contributed by atoms with Crippen LogP contribution < -0.4 is 9.62 Å². The quantitative estimate of drug-likeness (QED) is 0.518. The van der Waals surface area contributed by atoms with Crippen LogP contribution in [-0.2, 0) is 10.0 Å². The van der Waals surface area contributed by atoms with Gasteiger partial charge in [-0.05, 0) is 32.4 Å². The van der Waals surface area contributed by atoms with E-state index in [4.69, 9.17) is 5.11 Å². The normalized spacial score (nSPS) is 11.7. The minimum Gasteiger partial charge on any atom is -0.395 e. The average Bonchev–Trinajstić information content (AvgIpc) is 2.45. The molecular formula is C14H23N3O5S. The highest BCUT2D eigenvalue weighted by Crippen LogP contribution is 2.31. The van der Waals surface area contributed by atoms with Gasteiger partial charge in [-0.3, -0.25) is 10.1 Å². The van der Waals surface area contributed by atoms with Crippen molar-refractivity contribution in [1.82, 2.24) is 4.72 Å². The molecule has 0 aromatic heterocycles. The number of aliphatic hydroxyl groups is 1. The lowest BCUT2D eigenvalue weighted by Gasteiger charge is -2.23. The first kappa shape index (κ1) is 19.3. The third-order valence-corrected chi connectivity index (χ3v) is 4.71. The van der Waals surface area contributed by atoms with E-state index in [0.717, 1.165) is 12.5 Å². The molecule has 23 heavy (non-hydrogen) atoms. The Balaban J connectivity index is 3.34. The number of sulfonamides is 1. The Kier molecular flexibility index (Phi) is 6.92. The average molecular weight is 345 g/mol. The third-order valence-electron chi connectivity index (χ3n) is 3.05. The molecule has 0 aliphatic carbocycles. The fraction of sp³-hybridized carbons (Fsp3) is 0.571. The van der Waals surface area contributed by atoms with Gasteiger partial charge in [-0.2, -0.15) is 0 Å². The molecule has 0 atom stereocenters. The summed E-state index contributed by atoms with van der Waals surface area (Å²) < 4.78 is 26.7. The van der Waals surface area contributed by atoms with Crippen LogP contribution in [0.25, 0.3) is 0 Å². The summed E-state index contributed by atoms with van der Waals surface area (Å²) in [7, 11) is -3.80. The number of nitrogens with zero attached hydrogens (tertiary/aromatic N) is 2.